The number of hydrogen-bond acceptors (Lipinski definition) is 3. The number of rotatable bonds is 2. The standard InChI is InChI=1S/C30H50O3/c1-25(2)13-15-30(19-32)16-14-28(5)20(21(30)17-25)7-8-23-26(3)11-10-24(33)27(4,18-31)22(26)9-12-29(23,28)6/h7,21-24,31-33H,8-19H2,1-6H3/t21-,22?,23?,24-,26-,27-,28+,29+,30+/m0/s1. The Morgan fingerprint density at radius 1 is 0.818 bits per heavy atom. The van der Waals surface area contributed by atoms with Gasteiger partial charge in [0.1, 0.15) is 0 Å². The predicted octanol–water partition coefficient (Wildman–Crippen LogP) is 6.11. The van der Waals surface area contributed by atoms with Crippen LogP contribution in [0.1, 0.15) is 106 Å². The highest BCUT2D eigenvalue weighted by molar-refractivity contribution is 5.33. The van der Waals surface area contributed by atoms with Crippen molar-refractivity contribution in [3.05, 3.63) is 11.6 Å². The maximum absolute atomic E-state index is 10.9. The average molecular weight is 459 g/mol. The van der Waals surface area contributed by atoms with Crippen LogP contribution in [0.2, 0.25) is 0 Å². The lowest BCUT2D eigenvalue weighted by atomic mass is 9.33. The molecule has 0 saturated heterocycles. The van der Waals surface area contributed by atoms with Gasteiger partial charge in [-0.3, -0.25) is 0 Å². The minimum Gasteiger partial charge on any atom is -0.396 e. The molecule has 3 nitrogen and oxygen atoms in total. The molecule has 188 valence electrons. The molecule has 0 spiro atoms. The Morgan fingerprint density at radius 2 is 1.52 bits per heavy atom. The van der Waals surface area contributed by atoms with Crippen LogP contribution in [-0.2, 0) is 0 Å². The molecule has 4 saturated carbocycles. The Morgan fingerprint density at radius 3 is 2.18 bits per heavy atom. The zero-order chi connectivity index (χ0) is 24.1. The summed E-state index contributed by atoms with van der Waals surface area (Å²) in [5, 5.41) is 32.0. The molecule has 0 radical (unpaired) electrons. The van der Waals surface area contributed by atoms with Crippen LogP contribution in [0.5, 0.6) is 0 Å². The molecule has 2 unspecified atom stereocenters. The van der Waals surface area contributed by atoms with Gasteiger partial charge in [-0.1, -0.05) is 53.2 Å². The Hall–Kier alpha value is -0.380. The van der Waals surface area contributed by atoms with E-state index < -0.39 is 0 Å². The van der Waals surface area contributed by atoms with Crippen LogP contribution < -0.4 is 0 Å². The van der Waals surface area contributed by atoms with E-state index in [0.717, 1.165) is 32.1 Å². The predicted molar refractivity (Wildman–Crippen MR) is 134 cm³/mol. The lowest BCUT2D eigenvalue weighted by Gasteiger charge is -2.71. The number of aliphatic hydroxyl groups is 3. The van der Waals surface area contributed by atoms with Crippen molar-refractivity contribution in [2.45, 2.75) is 112 Å². The monoisotopic (exact) mass is 458 g/mol. The minimum absolute atomic E-state index is 0.0897. The first-order valence-electron chi connectivity index (χ1n) is 13.9. The summed E-state index contributed by atoms with van der Waals surface area (Å²) in [6.07, 6.45) is 13.6. The molecule has 5 aliphatic rings. The van der Waals surface area contributed by atoms with E-state index in [4.69, 9.17) is 0 Å². The fraction of sp³-hybridized carbons (Fsp3) is 0.933. The van der Waals surface area contributed by atoms with Crippen LogP contribution in [0.3, 0.4) is 0 Å². The Kier molecular flexibility index (Phi) is 5.40. The van der Waals surface area contributed by atoms with Crippen molar-refractivity contribution < 1.29 is 15.3 Å². The maximum atomic E-state index is 10.9. The molecular formula is C30H50O3. The van der Waals surface area contributed by atoms with Gasteiger partial charge in [-0.25, -0.2) is 0 Å². The number of allylic oxidation sites excluding steroid dienone is 2. The summed E-state index contributed by atoms with van der Waals surface area (Å²) in [6, 6.07) is 0. The first-order valence-corrected chi connectivity index (χ1v) is 13.9. The van der Waals surface area contributed by atoms with Crippen molar-refractivity contribution in [2.24, 2.45) is 50.2 Å². The molecule has 0 heterocycles. The SMILES string of the molecule is CC1(C)CC[C@]2(CO)CC[C@]3(C)C(=CCC4[C@@]5(C)CC[C@H](O)[C@@](C)(CO)C5CC[C@]43C)[C@@H]2C1. The summed E-state index contributed by atoms with van der Waals surface area (Å²) in [6.45, 7) is 15.1. The molecule has 3 heteroatoms. The van der Waals surface area contributed by atoms with E-state index in [1.54, 1.807) is 5.57 Å². The van der Waals surface area contributed by atoms with Gasteiger partial charge < -0.3 is 15.3 Å². The van der Waals surface area contributed by atoms with Gasteiger partial charge in [0, 0.05) is 17.4 Å². The van der Waals surface area contributed by atoms with Gasteiger partial charge in [-0.05, 0) is 104 Å². The van der Waals surface area contributed by atoms with Crippen molar-refractivity contribution in [3.8, 4) is 0 Å². The molecule has 0 bridgehead atoms. The highest BCUT2D eigenvalue weighted by Gasteiger charge is 2.68. The van der Waals surface area contributed by atoms with Crippen LogP contribution in [0, 0.1) is 50.2 Å². The van der Waals surface area contributed by atoms with Crippen molar-refractivity contribution in [2.75, 3.05) is 13.2 Å². The van der Waals surface area contributed by atoms with E-state index in [2.05, 4.69) is 47.6 Å². The molecule has 3 N–H and O–H groups in total. The van der Waals surface area contributed by atoms with Crippen LogP contribution >= 0.6 is 0 Å². The van der Waals surface area contributed by atoms with Crippen LogP contribution in [0.15, 0.2) is 11.6 Å². The summed E-state index contributed by atoms with van der Waals surface area (Å²) in [5.74, 6) is 1.49. The third kappa shape index (κ3) is 2.97. The fourth-order valence-corrected chi connectivity index (χ4v) is 10.7. The fourth-order valence-electron chi connectivity index (χ4n) is 10.7. The molecule has 9 atom stereocenters. The smallest absolute Gasteiger partial charge is 0.0618 e. The van der Waals surface area contributed by atoms with Crippen LogP contribution in [0.25, 0.3) is 0 Å². The van der Waals surface area contributed by atoms with Crippen molar-refractivity contribution in [1.82, 2.24) is 0 Å². The van der Waals surface area contributed by atoms with E-state index in [-0.39, 0.29) is 39.8 Å². The zero-order valence-electron chi connectivity index (χ0n) is 22.2. The summed E-state index contributed by atoms with van der Waals surface area (Å²) in [4.78, 5) is 0. The topological polar surface area (TPSA) is 60.7 Å². The van der Waals surface area contributed by atoms with Gasteiger partial charge in [0.25, 0.3) is 0 Å². The zero-order valence-corrected chi connectivity index (χ0v) is 22.2. The largest absolute Gasteiger partial charge is 0.396 e. The van der Waals surface area contributed by atoms with Crippen molar-refractivity contribution >= 4 is 0 Å². The van der Waals surface area contributed by atoms with Gasteiger partial charge in [0.2, 0.25) is 0 Å². The lowest BCUT2D eigenvalue weighted by molar-refractivity contribution is -0.216. The van der Waals surface area contributed by atoms with Gasteiger partial charge in [-0.2, -0.15) is 0 Å². The molecule has 0 aromatic heterocycles. The van der Waals surface area contributed by atoms with Gasteiger partial charge in [-0.15, -0.1) is 0 Å². The van der Waals surface area contributed by atoms with Crippen LogP contribution in [0.4, 0.5) is 0 Å². The quantitative estimate of drug-likeness (QED) is 0.437. The van der Waals surface area contributed by atoms with E-state index in [0.29, 0.717) is 29.8 Å². The van der Waals surface area contributed by atoms with E-state index in [1.807, 2.05) is 0 Å². The second kappa shape index (κ2) is 7.32. The highest BCUT2D eigenvalue weighted by atomic mass is 16.3. The summed E-state index contributed by atoms with van der Waals surface area (Å²) in [5.41, 5.74) is 2.34. The van der Waals surface area contributed by atoms with E-state index >= 15 is 0 Å². The summed E-state index contributed by atoms with van der Waals surface area (Å²) < 4.78 is 0. The molecular weight excluding hydrogens is 408 g/mol. The van der Waals surface area contributed by atoms with E-state index in [1.165, 1.54) is 32.1 Å². The average Bonchev–Trinajstić information content (AvgIpc) is 2.77. The maximum Gasteiger partial charge on any atom is 0.0618 e. The van der Waals surface area contributed by atoms with E-state index in [9.17, 15) is 15.3 Å². The number of aliphatic hydroxyl groups excluding tert-OH is 3. The van der Waals surface area contributed by atoms with Gasteiger partial charge in [0.05, 0.1) is 12.7 Å². The molecule has 0 amide bonds. The third-order valence-corrected chi connectivity index (χ3v) is 13.2. The van der Waals surface area contributed by atoms with Crippen LogP contribution in [-0.4, -0.2) is 34.6 Å². The first kappa shape index (κ1) is 24.3. The molecule has 5 rings (SSSR count). The highest BCUT2D eigenvalue weighted by Crippen LogP contribution is 2.75. The Labute approximate surface area is 202 Å². The van der Waals surface area contributed by atoms with Gasteiger partial charge in [0.15, 0.2) is 0 Å². The molecule has 0 aromatic rings. The van der Waals surface area contributed by atoms with Crippen molar-refractivity contribution in [1.29, 1.82) is 0 Å². The van der Waals surface area contributed by atoms with Crippen molar-refractivity contribution in [3.63, 3.8) is 0 Å². The second-order valence-electron chi connectivity index (χ2n) is 15.0. The molecule has 33 heavy (non-hydrogen) atoms. The lowest BCUT2D eigenvalue weighted by Crippen LogP contribution is -2.65. The van der Waals surface area contributed by atoms with Gasteiger partial charge >= 0.3 is 0 Å². The summed E-state index contributed by atoms with van der Waals surface area (Å²) in [7, 11) is 0. The molecule has 5 aliphatic carbocycles. The number of fused-ring (bicyclic) bond motifs is 7. The molecule has 0 aromatic carbocycles. The first-order chi connectivity index (χ1) is 15.3. The third-order valence-electron chi connectivity index (χ3n) is 13.2. The minimum atomic E-state index is -0.389. The Bertz CT molecular complexity index is 832. The molecule has 0 aliphatic heterocycles. The Balaban J connectivity index is 1.58. The molecule has 4 fully saturated rings. The summed E-state index contributed by atoms with van der Waals surface area (Å²) >= 11 is 0. The normalized spacial score (nSPS) is 55.5. The number of hydrogen-bond donors (Lipinski definition) is 3. The second-order valence-corrected chi connectivity index (χ2v) is 15.0.